The number of nitrogens with zero attached hydrogens (tertiary/aromatic N) is 2. The predicted molar refractivity (Wildman–Crippen MR) is 166 cm³/mol. The van der Waals surface area contributed by atoms with Gasteiger partial charge < -0.3 is 10.2 Å². The largest absolute Gasteiger partial charge is 0.354 e. The topological polar surface area (TPSA) is 86.8 Å². The minimum atomic E-state index is -4.20. The molecule has 0 radical (unpaired) electrons. The van der Waals surface area contributed by atoms with Crippen LogP contribution in [0, 0.1) is 19.8 Å². The molecule has 0 unspecified atom stereocenters. The smallest absolute Gasteiger partial charge is 0.264 e. The van der Waals surface area contributed by atoms with Gasteiger partial charge in [-0.15, -0.1) is 0 Å². The van der Waals surface area contributed by atoms with Crippen molar-refractivity contribution < 1.29 is 18.0 Å². The Bertz CT molecular complexity index is 1510. The van der Waals surface area contributed by atoms with Crippen molar-refractivity contribution >= 4 is 62.3 Å². The second-order valence-corrected chi connectivity index (χ2v) is 13.5. The Morgan fingerprint density at radius 3 is 2.15 bits per heavy atom. The van der Waals surface area contributed by atoms with Crippen molar-refractivity contribution in [3.05, 3.63) is 92.4 Å². The molecule has 3 aromatic carbocycles. The van der Waals surface area contributed by atoms with E-state index >= 15 is 0 Å². The molecule has 0 aliphatic heterocycles. The van der Waals surface area contributed by atoms with Crippen LogP contribution in [0.2, 0.25) is 15.1 Å². The Balaban J connectivity index is 2.07. The second kappa shape index (κ2) is 13.9. The zero-order valence-electron chi connectivity index (χ0n) is 23.6. The zero-order chi connectivity index (χ0) is 30.5. The van der Waals surface area contributed by atoms with Gasteiger partial charge in [-0.3, -0.25) is 13.9 Å². The number of rotatable bonds is 11. The lowest BCUT2D eigenvalue weighted by molar-refractivity contribution is -0.139. The van der Waals surface area contributed by atoms with E-state index in [-0.39, 0.29) is 29.0 Å². The standard InChI is InChI=1S/C30H34Cl3N3O4S/c1-19(2)16-34-30(38)22(5)35(17-23-9-13-26(32)27(33)14-23)29(37)18-36(28-15-24(31)10-8-21(28)4)41(39,40)25-11-6-20(3)7-12-25/h6-15,19,22H,16-18H2,1-5H3,(H,34,38)/t22-/m0/s1. The van der Waals surface area contributed by atoms with E-state index in [4.69, 9.17) is 34.8 Å². The van der Waals surface area contributed by atoms with Crippen molar-refractivity contribution in [3.8, 4) is 0 Å². The fourth-order valence-electron chi connectivity index (χ4n) is 4.07. The summed E-state index contributed by atoms with van der Waals surface area (Å²) in [5.74, 6) is -0.747. The van der Waals surface area contributed by atoms with Crippen LogP contribution in [-0.2, 0) is 26.2 Å². The van der Waals surface area contributed by atoms with Crippen molar-refractivity contribution in [3.63, 3.8) is 0 Å². The number of halogens is 3. The van der Waals surface area contributed by atoms with Crippen molar-refractivity contribution in [2.75, 3.05) is 17.4 Å². The highest BCUT2D eigenvalue weighted by atomic mass is 35.5. The number of sulfonamides is 1. The summed E-state index contributed by atoms with van der Waals surface area (Å²) in [6.45, 7) is 8.98. The maximum absolute atomic E-state index is 14.0. The Morgan fingerprint density at radius 2 is 1.54 bits per heavy atom. The molecule has 0 saturated heterocycles. The van der Waals surface area contributed by atoms with E-state index in [0.29, 0.717) is 32.7 Å². The van der Waals surface area contributed by atoms with Crippen LogP contribution in [-0.4, -0.2) is 44.3 Å². The van der Waals surface area contributed by atoms with Crippen LogP contribution >= 0.6 is 34.8 Å². The molecular weight excluding hydrogens is 605 g/mol. The maximum Gasteiger partial charge on any atom is 0.264 e. The molecule has 0 saturated carbocycles. The third-order valence-corrected chi connectivity index (χ3v) is 9.26. The Hall–Kier alpha value is -2.78. The average Bonchev–Trinajstić information content (AvgIpc) is 2.92. The molecule has 0 aromatic heterocycles. The molecular formula is C30H34Cl3N3O4S. The number of aryl methyl sites for hydroxylation is 2. The first kappa shape index (κ1) is 32.7. The van der Waals surface area contributed by atoms with Gasteiger partial charge in [-0.2, -0.15) is 0 Å². The molecule has 3 aromatic rings. The zero-order valence-corrected chi connectivity index (χ0v) is 26.7. The molecule has 2 amide bonds. The number of carbonyl (C=O) groups is 2. The number of anilines is 1. The van der Waals surface area contributed by atoms with E-state index in [1.165, 1.54) is 23.1 Å². The average molecular weight is 639 g/mol. The van der Waals surface area contributed by atoms with Crippen LogP contribution in [0.5, 0.6) is 0 Å². The molecule has 1 N–H and O–H groups in total. The minimum absolute atomic E-state index is 0.00106. The summed E-state index contributed by atoms with van der Waals surface area (Å²) in [5, 5.41) is 3.82. The van der Waals surface area contributed by atoms with Gasteiger partial charge in [-0.05, 0) is 74.2 Å². The lowest BCUT2D eigenvalue weighted by Crippen LogP contribution is -2.51. The van der Waals surface area contributed by atoms with Gasteiger partial charge in [0, 0.05) is 18.1 Å². The first-order valence-corrected chi connectivity index (χ1v) is 15.6. The summed E-state index contributed by atoms with van der Waals surface area (Å²) in [6.07, 6.45) is 0. The summed E-state index contributed by atoms with van der Waals surface area (Å²) >= 11 is 18.6. The number of carbonyl (C=O) groups excluding carboxylic acids is 2. The lowest BCUT2D eigenvalue weighted by atomic mass is 10.1. The number of benzene rings is 3. The molecule has 7 nitrogen and oxygen atoms in total. The summed E-state index contributed by atoms with van der Waals surface area (Å²) in [5.41, 5.74) is 2.39. The molecule has 0 heterocycles. The van der Waals surface area contributed by atoms with E-state index in [0.717, 1.165) is 9.87 Å². The number of amides is 2. The van der Waals surface area contributed by atoms with Gasteiger partial charge in [-0.1, -0.05) is 78.5 Å². The molecule has 220 valence electrons. The minimum Gasteiger partial charge on any atom is -0.354 e. The van der Waals surface area contributed by atoms with Crippen LogP contribution < -0.4 is 9.62 Å². The fraction of sp³-hybridized carbons (Fsp3) is 0.333. The normalized spacial score (nSPS) is 12.2. The van der Waals surface area contributed by atoms with Crippen LogP contribution in [0.4, 0.5) is 5.69 Å². The predicted octanol–water partition coefficient (Wildman–Crippen LogP) is 6.65. The van der Waals surface area contributed by atoms with Crippen LogP contribution in [0.25, 0.3) is 0 Å². The van der Waals surface area contributed by atoms with Crippen molar-refractivity contribution in [1.29, 1.82) is 0 Å². The summed E-state index contributed by atoms with van der Waals surface area (Å²) in [4.78, 5) is 28.5. The summed E-state index contributed by atoms with van der Waals surface area (Å²) in [7, 11) is -4.20. The number of hydrogen-bond donors (Lipinski definition) is 1. The number of hydrogen-bond acceptors (Lipinski definition) is 4. The highest BCUT2D eigenvalue weighted by molar-refractivity contribution is 7.92. The molecule has 41 heavy (non-hydrogen) atoms. The lowest BCUT2D eigenvalue weighted by Gasteiger charge is -2.32. The first-order valence-electron chi connectivity index (χ1n) is 13.1. The van der Waals surface area contributed by atoms with Crippen LogP contribution in [0.3, 0.4) is 0 Å². The van der Waals surface area contributed by atoms with Crippen molar-refractivity contribution in [2.45, 2.75) is 52.1 Å². The van der Waals surface area contributed by atoms with Gasteiger partial charge in [0.15, 0.2) is 0 Å². The first-order chi connectivity index (χ1) is 19.2. The van der Waals surface area contributed by atoms with Crippen LogP contribution in [0.1, 0.15) is 37.5 Å². The molecule has 0 spiro atoms. The van der Waals surface area contributed by atoms with Gasteiger partial charge >= 0.3 is 0 Å². The van der Waals surface area contributed by atoms with Crippen molar-refractivity contribution in [2.24, 2.45) is 5.92 Å². The SMILES string of the molecule is Cc1ccc(S(=O)(=O)N(CC(=O)N(Cc2ccc(Cl)c(Cl)c2)[C@@H](C)C(=O)NCC(C)C)c2cc(Cl)ccc2C)cc1. The van der Waals surface area contributed by atoms with E-state index in [1.54, 1.807) is 56.3 Å². The van der Waals surface area contributed by atoms with E-state index in [2.05, 4.69) is 5.32 Å². The van der Waals surface area contributed by atoms with E-state index in [1.807, 2.05) is 20.8 Å². The van der Waals surface area contributed by atoms with Crippen LogP contribution in [0.15, 0.2) is 65.6 Å². The summed E-state index contributed by atoms with van der Waals surface area (Å²) < 4.78 is 29.0. The molecule has 11 heteroatoms. The highest BCUT2D eigenvalue weighted by Crippen LogP contribution is 2.30. The number of nitrogens with one attached hydrogen (secondary N) is 1. The highest BCUT2D eigenvalue weighted by Gasteiger charge is 2.33. The second-order valence-electron chi connectivity index (χ2n) is 10.3. The molecule has 0 aliphatic carbocycles. The van der Waals surface area contributed by atoms with Crippen molar-refractivity contribution in [1.82, 2.24) is 10.2 Å². The monoisotopic (exact) mass is 637 g/mol. The molecule has 3 rings (SSSR count). The quantitative estimate of drug-likeness (QED) is 0.255. The Morgan fingerprint density at radius 1 is 0.878 bits per heavy atom. The van der Waals surface area contributed by atoms with E-state index in [9.17, 15) is 18.0 Å². The van der Waals surface area contributed by atoms with Gasteiger partial charge in [0.25, 0.3) is 10.0 Å². The molecule has 0 bridgehead atoms. The van der Waals surface area contributed by atoms with Gasteiger partial charge in [0.1, 0.15) is 12.6 Å². The van der Waals surface area contributed by atoms with Gasteiger partial charge in [0.05, 0.1) is 20.6 Å². The summed E-state index contributed by atoms with van der Waals surface area (Å²) in [6, 6.07) is 15.2. The third-order valence-electron chi connectivity index (χ3n) is 6.52. The molecule has 0 aliphatic rings. The third kappa shape index (κ3) is 8.38. The van der Waals surface area contributed by atoms with Gasteiger partial charge in [-0.25, -0.2) is 8.42 Å². The molecule has 0 fully saturated rings. The Kier molecular flexibility index (Phi) is 11.1. The van der Waals surface area contributed by atoms with E-state index < -0.39 is 28.5 Å². The molecule has 1 atom stereocenters. The Labute approximate surface area is 257 Å². The maximum atomic E-state index is 14.0. The van der Waals surface area contributed by atoms with Gasteiger partial charge in [0.2, 0.25) is 11.8 Å². The fourth-order valence-corrected chi connectivity index (χ4v) is 6.03.